The molecule has 1 aromatic heterocycles. The van der Waals surface area contributed by atoms with E-state index in [1.807, 2.05) is 0 Å². The number of aromatic nitrogens is 2. The monoisotopic (exact) mass is 240 g/mol. The Balaban J connectivity index is 3.37. The fourth-order valence-electron chi connectivity index (χ4n) is 1.33. The highest BCUT2D eigenvalue weighted by Crippen LogP contribution is 2.38. The van der Waals surface area contributed by atoms with E-state index in [-0.39, 0.29) is 17.5 Å². The Bertz CT molecular complexity index is 355. The molecule has 1 heterocycles. The van der Waals surface area contributed by atoms with Gasteiger partial charge in [0.25, 0.3) is 0 Å². The summed E-state index contributed by atoms with van der Waals surface area (Å²) in [4.78, 5) is 0. The molecule has 1 aromatic rings. The van der Waals surface area contributed by atoms with E-state index in [1.165, 1.54) is 0 Å². The van der Waals surface area contributed by atoms with Gasteiger partial charge in [0.15, 0.2) is 5.69 Å². The second-order valence-corrected chi connectivity index (χ2v) is 3.89. The minimum atomic E-state index is -4.45. The van der Waals surface area contributed by atoms with Crippen molar-refractivity contribution in [1.82, 2.24) is 9.78 Å². The molecule has 0 saturated carbocycles. The van der Waals surface area contributed by atoms with Crippen molar-refractivity contribution in [1.29, 1.82) is 0 Å². The van der Waals surface area contributed by atoms with Crippen LogP contribution in [0, 0.1) is 0 Å². The third-order valence-corrected chi connectivity index (χ3v) is 2.41. The van der Waals surface area contributed by atoms with Crippen molar-refractivity contribution in [3.63, 3.8) is 0 Å². The second kappa shape index (κ2) is 4.04. The fourth-order valence-corrected chi connectivity index (χ4v) is 1.79. The van der Waals surface area contributed by atoms with Crippen LogP contribution < -0.4 is 0 Å². The molecule has 6 heteroatoms. The van der Waals surface area contributed by atoms with Crippen molar-refractivity contribution >= 4 is 11.6 Å². The number of hydrogen-bond donors (Lipinski definition) is 0. The van der Waals surface area contributed by atoms with Gasteiger partial charge in [0.05, 0.1) is 10.7 Å². The van der Waals surface area contributed by atoms with Gasteiger partial charge in [-0.05, 0) is 12.8 Å². The summed E-state index contributed by atoms with van der Waals surface area (Å²) in [5.41, 5.74) is -0.554. The first-order chi connectivity index (χ1) is 6.79. The number of aryl methyl sites for hydroxylation is 1. The van der Waals surface area contributed by atoms with Crippen LogP contribution in [0.15, 0.2) is 0 Å². The van der Waals surface area contributed by atoms with Gasteiger partial charge in [-0.2, -0.15) is 18.3 Å². The SMILES string of the molecule is CCn1nc(C(C)C)c(Cl)c1C(F)(F)F. The summed E-state index contributed by atoms with van der Waals surface area (Å²) >= 11 is 5.68. The lowest BCUT2D eigenvalue weighted by Crippen LogP contribution is -2.14. The molecule has 0 unspecified atom stereocenters. The molecule has 0 N–H and O–H groups in total. The Morgan fingerprint density at radius 2 is 1.93 bits per heavy atom. The minimum absolute atomic E-state index is 0.119. The van der Waals surface area contributed by atoms with Crippen molar-refractivity contribution in [2.45, 2.75) is 39.4 Å². The molecule has 0 radical (unpaired) electrons. The Hall–Kier alpha value is -0.710. The maximum absolute atomic E-state index is 12.6. The first kappa shape index (κ1) is 12.4. The van der Waals surface area contributed by atoms with Crippen molar-refractivity contribution in [2.24, 2.45) is 0 Å². The predicted octanol–water partition coefficient (Wildman–Crippen LogP) is 3.70. The largest absolute Gasteiger partial charge is 0.434 e. The third kappa shape index (κ3) is 2.27. The molecule has 0 atom stereocenters. The highest BCUT2D eigenvalue weighted by molar-refractivity contribution is 6.32. The van der Waals surface area contributed by atoms with Crippen LogP contribution >= 0.6 is 11.6 Å². The summed E-state index contributed by atoms with van der Waals surface area (Å²) in [5, 5.41) is 3.58. The van der Waals surface area contributed by atoms with Crippen LogP contribution in [0.1, 0.15) is 38.1 Å². The highest BCUT2D eigenvalue weighted by atomic mass is 35.5. The molecule has 0 saturated heterocycles. The van der Waals surface area contributed by atoms with E-state index < -0.39 is 11.9 Å². The van der Waals surface area contributed by atoms with Crippen LogP contribution in [0.4, 0.5) is 13.2 Å². The van der Waals surface area contributed by atoms with Gasteiger partial charge in [-0.15, -0.1) is 0 Å². The quantitative estimate of drug-likeness (QED) is 0.771. The summed E-state index contributed by atoms with van der Waals surface area (Å²) in [7, 11) is 0. The predicted molar refractivity (Wildman–Crippen MR) is 52.0 cm³/mol. The van der Waals surface area contributed by atoms with Gasteiger partial charge in [-0.1, -0.05) is 25.4 Å². The van der Waals surface area contributed by atoms with Gasteiger partial charge in [0.1, 0.15) is 0 Å². The fraction of sp³-hybridized carbons (Fsp3) is 0.667. The lowest BCUT2D eigenvalue weighted by Gasteiger charge is -2.08. The second-order valence-electron chi connectivity index (χ2n) is 3.52. The average Bonchev–Trinajstić information content (AvgIpc) is 2.41. The summed E-state index contributed by atoms with van der Waals surface area (Å²) in [6, 6.07) is 0. The van der Waals surface area contributed by atoms with Crippen LogP contribution in [-0.4, -0.2) is 9.78 Å². The number of hydrogen-bond acceptors (Lipinski definition) is 1. The van der Waals surface area contributed by atoms with Crippen molar-refractivity contribution < 1.29 is 13.2 Å². The number of rotatable bonds is 2. The third-order valence-electron chi connectivity index (χ3n) is 2.03. The van der Waals surface area contributed by atoms with Gasteiger partial charge < -0.3 is 0 Å². The lowest BCUT2D eigenvalue weighted by molar-refractivity contribution is -0.144. The molecule has 0 amide bonds. The number of alkyl halides is 3. The van der Waals surface area contributed by atoms with Crippen molar-refractivity contribution in [2.75, 3.05) is 0 Å². The summed E-state index contributed by atoms with van der Waals surface area (Å²) < 4.78 is 38.8. The van der Waals surface area contributed by atoms with Crippen molar-refractivity contribution in [3.8, 4) is 0 Å². The molecule has 0 aromatic carbocycles. The highest BCUT2D eigenvalue weighted by Gasteiger charge is 2.39. The molecule has 0 fully saturated rings. The van der Waals surface area contributed by atoms with Gasteiger partial charge in [0, 0.05) is 6.54 Å². The number of halogens is 4. The van der Waals surface area contributed by atoms with Gasteiger partial charge in [0.2, 0.25) is 0 Å². The molecule has 15 heavy (non-hydrogen) atoms. The van der Waals surface area contributed by atoms with Gasteiger partial charge >= 0.3 is 6.18 Å². The molecule has 0 bridgehead atoms. The standard InChI is InChI=1S/C9H12ClF3N2/c1-4-15-8(9(11,12)13)6(10)7(14-15)5(2)3/h5H,4H2,1-3H3. The van der Waals surface area contributed by atoms with E-state index in [0.29, 0.717) is 5.69 Å². The molecular formula is C9H12ClF3N2. The molecule has 1 rings (SSSR count). The number of nitrogens with zero attached hydrogens (tertiary/aromatic N) is 2. The Morgan fingerprint density at radius 3 is 2.20 bits per heavy atom. The zero-order valence-electron chi connectivity index (χ0n) is 8.69. The van der Waals surface area contributed by atoms with E-state index >= 15 is 0 Å². The Kier molecular flexibility index (Phi) is 3.33. The van der Waals surface area contributed by atoms with Gasteiger partial charge in [-0.3, -0.25) is 4.68 Å². The Labute approximate surface area is 91.0 Å². The topological polar surface area (TPSA) is 17.8 Å². The molecule has 0 aliphatic heterocycles. The zero-order chi connectivity index (χ0) is 11.8. The maximum atomic E-state index is 12.6. The molecular weight excluding hydrogens is 229 g/mol. The van der Waals surface area contributed by atoms with E-state index in [1.54, 1.807) is 20.8 Å². The van der Waals surface area contributed by atoms with E-state index in [4.69, 9.17) is 11.6 Å². The molecule has 0 aliphatic carbocycles. The first-order valence-electron chi connectivity index (χ1n) is 4.62. The van der Waals surface area contributed by atoms with Crippen LogP contribution in [0.2, 0.25) is 5.02 Å². The normalized spacial score (nSPS) is 12.5. The van der Waals surface area contributed by atoms with Crippen LogP contribution in [0.3, 0.4) is 0 Å². The van der Waals surface area contributed by atoms with Gasteiger partial charge in [-0.25, -0.2) is 0 Å². The average molecular weight is 241 g/mol. The van der Waals surface area contributed by atoms with E-state index in [0.717, 1.165) is 4.68 Å². The summed E-state index contributed by atoms with van der Waals surface area (Å²) in [6.07, 6.45) is -4.45. The maximum Gasteiger partial charge on any atom is 0.434 e. The van der Waals surface area contributed by atoms with E-state index in [9.17, 15) is 13.2 Å². The summed E-state index contributed by atoms with van der Waals surface area (Å²) in [6.45, 7) is 5.27. The smallest absolute Gasteiger partial charge is 0.259 e. The minimum Gasteiger partial charge on any atom is -0.259 e. The molecule has 2 nitrogen and oxygen atoms in total. The van der Waals surface area contributed by atoms with Crippen LogP contribution in [-0.2, 0) is 12.7 Å². The molecule has 0 aliphatic rings. The lowest BCUT2D eigenvalue weighted by atomic mass is 10.1. The molecule has 86 valence electrons. The summed E-state index contributed by atoms with van der Waals surface area (Å²) in [5.74, 6) is -0.119. The zero-order valence-corrected chi connectivity index (χ0v) is 9.45. The Morgan fingerprint density at radius 1 is 1.40 bits per heavy atom. The van der Waals surface area contributed by atoms with Crippen LogP contribution in [0.25, 0.3) is 0 Å². The van der Waals surface area contributed by atoms with Crippen LogP contribution in [0.5, 0.6) is 0 Å². The van der Waals surface area contributed by atoms with E-state index in [2.05, 4.69) is 5.10 Å². The first-order valence-corrected chi connectivity index (χ1v) is 5.00. The van der Waals surface area contributed by atoms with Crippen molar-refractivity contribution in [3.05, 3.63) is 16.4 Å². The molecule has 0 spiro atoms.